The lowest BCUT2D eigenvalue weighted by atomic mass is 10.1. The summed E-state index contributed by atoms with van der Waals surface area (Å²) in [5.74, 6) is -2.52. The van der Waals surface area contributed by atoms with Crippen LogP contribution in [-0.2, 0) is 11.2 Å². The SMILES string of the molecule is Cc1nc(CCC(=O)NCC(F)(F)CN)oc1-c1ccccc1.Cl.Cl. The molecule has 0 unspecified atom stereocenters. The number of carbonyl (C=O) groups is 1. The minimum atomic E-state index is -3.09. The summed E-state index contributed by atoms with van der Waals surface area (Å²) in [6.07, 6.45) is 0.266. The first-order valence-electron chi connectivity index (χ1n) is 7.27. The van der Waals surface area contributed by atoms with E-state index in [4.69, 9.17) is 10.2 Å². The number of halogens is 4. The van der Waals surface area contributed by atoms with Crippen molar-refractivity contribution in [2.24, 2.45) is 5.73 Å². The lowest BCUT2D eigenvalue weighted by Crippen LogP contribution is -2.41. The standard InChI is InChI=1S/C16H19F2N3O2.2ClH/c1-11-15(12-5-3-2-4-6-12)23-14(21-11)8-7-13(22)20-10-16(17,18)9-19;;/h2-6H,7-10,19H2,1H3,(H,20,22);2*1H. The van der Waals surface area contributed by atoms with E-state index in [9.17, 15) is 13.6 Å². The molecule has 1 aromatic carbocycles. The van der Waals surface area contributed by atoms with Crippen LogP contribution in [0.3, 0.4) is 0 Å². The van der Waals surface area contributed by atoms with Crippen LogP contribution >= 0.6 is 24.8 Å². The monoisotopic (exact) mass is 395 g/mol. The van der Waals surface area contributed by atoms with Crippen LogP contribution < -0.4 is 11.1 Å². The third-order valence-electron chi connectivity index (χ3n) is 3.29. The number of hydrogen-bond donors (Lipinski definition) is 2. The minimum absolute atomic E-state index is 0. The first-order chi connectivity index (χ1) is 10.9. The maximum atomic E-state index is 12.9. The summed E-state index contributed by atoms with van der Waals surface area (Å²) in [4.78, 5) is 15.9. The Kier molecular flexibility index (Phi) is 9.62. The molecule has 0 aliphatic carbocycles. The number of aryl methyl sites for hydroxylation is 2. The number of rotatable bonds is 7. The van der Waals surface area contributed by atoms with Crippen LogP contribution in [0.15, 0.2) is 34.7 Å². The van der Waals surface area contributed by atoms with E-state index in [1.807, 2.05) is 37.3 Å². The highest BCUT2D eigenvalue weighted by molar-refractivity contribution is 5.85. The van der Waals surface area contributed by atoms with Crippen LogP contribution in [0.25, 0.3) is 11.3 Å². The molecule has 0 saturated carbocycles. The van der Waals surface area contributed by atoms with E-state index >= 15 is 0 Å². The average Bonchev–Trinajstić information content (AvgIpc) is 2.93. The third kappa shape index (κ3) is 6.97. The fourth-order valence-corrected chi connectivity index (χ4v) is 2.03. The molecule has 0 bridgehead atoms. The van der Waals surface area contributed by atoms with Crippen molar-refractivity contribution in [2.75, 3.05) is 13.1 Å². The quantitative estimate of drug-likeness (QED) is 0.754. The van der Waals surface area contributed by atoms with Gasteiger partial charge in [-0.2, -0.15) is 0 Å². The number of nitrogens with one attached hydrogen (secondary N) is 1. The molecule has 3 N–H and O–H groups in total. The van der Waals surface area contributed by atoms with Gasteiger partial charge in [-0.1, -0.05) is 30.3 Å². The molecule has 0 saturated heterocycles. The lowest BCUT2D eigenvalue weighted by Gasteiger charge is -2.14. The number of nitrogens with zero attached hydrogens (tertiary/aromatic N) is 1. The fraction of sp³-hybridized carbons (Fsp3) is 0.375. The highest BCUT2D eigenvalue weighted by Crippen LogP contribution is 2.24. The normalized spacial score (nSPS) is 10.6. The number of aromatic nitrogens is 1. The predicted molar refractivity (Wildman–Crippen MR) is 96.5 cm³/mol. The summed E-state index contributed by atoms with van der Waals surface area (Å²) < 4.78 is 31.6. The van der Waals surface area contributed by atoms with E-state index in [0.717, 1.165) is 11.3 Å². The number of amides is 1. The Balaban J connectivity index is 0.00000288. The second kappa shape index (κ2) is 10.3. The van der Waals surface area contributed by atoms with Gasteiger partial charge in [0.15, 0.2) is 11.7 Å². The molecule has 9 heteroatoms. The number of oxazole rings is 1. The third-order valence-corrected chi connectivity index (χ3v) is 3.29. The van der Waals surface area contributed by atoms with Gasteiger partial charge in [0.1, 0.15) is 0 Å². The Hall–Kier alpha value is -1.70. The van der Waals surface area contributed by atoms with Crippen molar-refractivity contribution in [1.82, 2.24) is 10.3 Å². The van der Waals surface area contributed by atoms with Crippen molar-refractivity contribution >= 4 is 30.7 Å². The van der Waals surface area contributed by atoms with Crippen LogP contribution in [0.2, 0.25) is 0 Å². The lowest BCUT2D eigenvalue weighted by molar-refractivity contribution is -0.122. The Morgan fingerprint density at radius 2 is 1.92 bits per heavy atom. The summed E-state index contributed by atoms with van der Waals surface area (Å²) in [5, 5.41) is 2.16. The Morgan fingerprint density at radius 1 is 1.28 bits per heavy atom. The first kappa shape index (κ1) is 23.3. The number of hydrogen-bond acceptors (Lipinski definition) is 4. The number of nitrogens with two attached hydrogens (primary N) is 1. The number of alkyl halides is 2. The molecule has 0 atom stereocenters. The number of benzene rings is 1. The van der Waals surface area contributed by atoms with Crippen molar-refractivity contribution in [3.05, 3.63) is 41.9 Å². The zero-order valence-electron chi connectivity index (χ0n) is 13.6. The van der Waals surface area contributed by atoms with Crippen molar-refractivity contribution in [1.29, 1.82) is 0 Å². The predicted octanol–water partition coefficient (Wildman–Crippen LogP) is 3.14. The van der Waals surface area contributed by atoms with E-state index in [1.165, 1.54) is 0 Å². The largest absolute Gasteiger partial charge is 0.440 e. The topological polar surface area (TPSA) is 81.2 Å². The summed E-state index contributed by atoms with van der Waals surface area (Å²) in [6.45, 7) is 0.256. The van der Waals surface area contributed by atoms with Gasteiger partial charge < -0.3 is 15.5 Å². The van der Waals surface area contributed by atoms with E-state index in [1.54, 1.807) is 0 Å². The molecule has 1 heterocycles. The molecule has 0 aliphatic rings. The summed E-state index contributed by atoms with van der Waals surface area (Å²) in [5.41, 5.74) is 6.53. The van der Waals surface area contributed by atoms with Gasteiger partial charge in [0.2, 0.25) is 5.91 Å². The van der Waals surface area contributed by atoms with Crippen molar-refractivity contribution in [3.63, 3.8) is 0 Å². The molecule has 1 aromatic heterocycles. The van der Waals surface area contributed by atoms with Gasteiger partial charge in [0.25, 0.3) is 5.92 Å². The second-order valence-corrected chi connectivity index (χ2v) is 5.22. The molecule has 0 spiro atoms. The Morgan fingerprint density at radius 3 is 2.52 bits per heavy atom. The van der Waals surface area contributed by atoms with E-state index in [0.29, 0.717) is 11.7 Å². The summed E-state index contributed by atoms with van der Waals surface area (Å²) in [7, 11) is 0. The Labute approximate surface area is 157 Å². The first-order valence-corrected chi connectivity index (χ1v) is 7.27. The zero-order chi connectivity index (χ0) is 16.9. The maximum absolute atomic E-state index is 12.9. The van der Waals surface area contributed by atoms with Gasteiger partial charge >= 0.3 is 0 Å². The van der Waals surface area contributed by atoms with E-state index < -0.39 is 24.9 Å². The molecular formula is C16H21Cl2F2N3O2. The highest BCUT2D eigenvalue weighted by atomic mass is 35.5. The molecule has 1 amide bonds. The molecule has 0 aliphatic heterocycles. The van der Waals surface area contributed by atoms with Crippen LogP contribution in [-0.4, -0.2) is 29.9 Å². The van der Waals surface area contributed by atoms with Crippen molar-refractivity contribution in [3.8, 4) is 11.3 Å². The van der Waals surface area contributed by atoms with Gasteiger partial charge in [-0.15, -0.1) is 24.8 Å². The summed E-state index contributed by atoms with van der Waals surface area (Å²) >= 11 is 0. The molecule has 0 fully saturated rings. The van der Waals surface area contributed by atoms with E-state index in [-0.39, 0.29) is 37.7 Å². The number of carbonyl (C=O) groups excluding carboxylic acids is 1. The minimum Gasteiger partial charge on any atom is -0.440 e. The molecule has 140 valence electrons. The van der Waals surface area contributed by atoms with E-state index in [2.05, 4.69) is 10.3 Å². The maximum Gasteiger partial charge on any atom is 0.277 e. The van der Waals surface area contributed by atoms with Crippen LogP contribution in [0, 0.1) is 6.92 Å². The highest BCUT2D eigenvalue weighted by Gasteiger charge is 2.27. The fourth-order valence-electron chi connectivity index (χ4n) is 2.03. The molecular weight excluding hydrogens is 375 g/mol. The van der Waals surface area contributed by atoms with Gasteiger partial charge in [-0.25, -0.2) is 13.8 Å². The van der Waals surface area contributed by atoms with Gasteiger partial charge in [0.05, 0.1) is 18.8 Å². The molecule has 5 nitrogen and oxygen atoms in total. The van der Waals surface area contributed by atoms with Gasteiger partial charge in [0, 0.05) is 18.4 Å². The Bertz CT molecular complexity index is 667. The molecule has 25 heavy (non-hydrogen) atoms. The second-order valence-electron chi connectivity index (χ2n) is 5.22. The average molecular weight is 396 g/mol. The van der Waals surface area contributed by atoms with Crippen LogP contribution in [0.5, 0.6) is 0 Å². The smallest absolute Gasteiger partial charge is 0.277 e. The molecule has 2 rings (SSSR count). The van der Waals surface area contributed by atoms with Crippen LogP contribution in [0.1, 0.15) is 18.0 Å². The molecule has 2 aromatic rings. The van der Waals surface area contributed by atoms with Crippen molar-refractivity contribution in [2.45, 2.75) is 25.7 Å². The molecule has 0 radical (unpaired) electrons. The summed E-state index contributed by atoms with van der Waals surface area (Å²) in [6, 6.07) is 9.49. The van der Waals surface area contributed by atoms with Crippen LogP contribution in [0.4, 0.5) is 8.78 Å². The van der Waals surface area contributed by atoms with Gasteiger partial charge in [-0.05, 0) is 6.92 Å². The van der Waals surface area contributed by atoms with Gasteiger partial charge in [-0.3, -0.25) is 4.79 Å². The zero-order valence-corrected chi connectivity index (χ0v) is 15.3. The van der Waals surface area contributed by atoms with Crippen molar-refractivity contribution < 1.29 is 18.0 Å².